The molecule has 15 heavy (non-hydrogen) atoms. The summed E-state index contributed by atoms with van der Waals surface area (Å²) in [5.74, 6) is 1.80. The second-order valence-corrected chi connectivity index (χ2v) is 6.65. The van der Waals surface area contributed by atoms with Crippen LogP contribution in [0.3, 0.4) is 0 Å². The molecule has 90 valence electrons. The highest BCUT2D eigenvalue weighted by atomic mass is 16.5. The maximum absolute atomic E-state index is 5.98. The van der Waals surface area contributed by atoms with Gasteiger partial charge < -0.3 is 4.74 Å². The Morgan fingerprint density at radius 2 is 1.60 bits per heavy atom. The van der Waals surface area contributed by atoms with Crippen LogP contribution in [0.25, 0.3) is 0 Å². The highest BCUT2D eigenvalue weighted by Crippen LogP contribution is 2.31. The fourth-order valence-electron chi connectivity index (χ4n) is 2.29. The SMILES string of the molecule is CC(C)C1CCC(OCC(C)(C)C)CC1. The lowest BCUT2D eigenvalue weighted by Crippen LogP contribution is -2.27. The molecule has 0 heterocycles. The normalized spacial score (nSPS) is 28.4. The van der Waals surface area contributed by atoms with E-state index >= 15 is 0 Å². The first-order valence-electron chi connectivity index (χ1n) is 6.50. The molecular weight excluding hydrogens is 184 g/mol. The molecule has 0 N–H and O–H groups in total. The van der Waals surface area contributed by atoms with Gasteiger partial charge in [-0.2, -0.15) is 0 Å². The summed E-state index contributed by atoms with van der Waals surface area (Å²) in [5, 5.41) is 0. The molecule has 0 amide bonds. The van der Waals surface area contributed by atoms with Crippen LogP contribution in [-0.2, 0) is 4.74 Å². The smallest absolute Gasteiger partial charge is 0.0575 e. The summed E-state index contributed by atoms with van der Waals surface area (Å²) in [6.07, 6.45) is 5.83. The van der Waals surface area contributed by atoms with Crippen molar-refractivity contribution in [3.63, 3.8) is 0 Å². The Kier molecular flexibility index (Phi) is 4.64. The van der Waals surface area contributed by atoms with Crippen molar-refractivity contribution in [1.29, 1.82) is 0 Å². The van der Waals surface area contributed by atoms with Gasteiger partial charge in [0.2, 0.25) is 0 Å². The molecule has 0 aromatic heterocycles. The third-order valence-corrected chi connectivity index (χ3v) is 3.41. The molecular formula is C14H28O. The lowest BCUT2D eigenvalue weighted by atomic mass is 9.80. The van der Waals surface area contributed by atoms with Gasteiger partial charge in [-0.1, -0.05) is 34.6 Å². The highest BCUT2D eigenvalue weighted by Gasteiger charge is 2.24. The molecule has 1 aliphatic carbocycles. The third kappa shape index (κ3) is 5.01. The van der Waals surface area contributed by atoms with Crippen LogP contribution < -0.4 is 0 Å². The number of hydrogen-bond donors (Lipinski definition) is 0. The first-order valence-corrected chi connectivity index (χ1v) is 6.50. The van der Waals surface area contributed by atoms with E-state index in [0.717, 1.165) is 18.4 Å². The monoisotopic (exact) mass is 212 g/mol. The molecule has 1 fully saturated rings. The van der Waals surface area contributed by atoms with Gasteiger partial charge in [0, 0.05) is 0 Å². The molecule has 0 atom stereocenters. The minimum absolute atomic E-state index is 0.314. The van der Waals surface area contributed by atoms with E-state index in [1.807, 2.05) is 0 Å². The molecule has 0 spiro atoms. The summed E-state index contributed by atoms with van der Waals surface area (Å²) >= 11 is 0. The van der Waals surface area contributed by atoms with Crippen molar-refractivity contribution in [2.45, 2.75) is 66.4 Å². The molecule has 0 aromatic carbocycles. The van der Waals surface area contributed by atoms with Crippen LogP contribution in [0.5, 0.6) is 0 Å². The molecule has 1 nitrogen and oxygen atoms in total. The van der Waals surface area contributed by atoms with Crippen molar-refractivity contribution in [3.05, 3.63) is 0 Å². The largest absolute Gasteiger partial charge is 0.378 e. The Balaban J connectivity index is 2.20. The van der Waals surface area contributed by atoms with Crippen molar-refractivity contribution in [2.24, 2.45) is 17.3 Å². The van der Waals surface area contributed by atoms with Gasteiger partial charge in [0.1, 0.15) is 0 Å². The number of hydrogen-bond acceptors (Lipinski definition) is 1. The Labute approximate surface area is 95.6 Å². The fourth-order valence-corrected chi connectivity index (χ4v) is 2.29. The van der Waals surface area contributed by atoms with Crippen LogP contribution in [0.4, 0.5) is 0 Å². The van der Waals surface area contributed by atoms with Gasteiger partial charge in [0.15, 0.2) is 0 Å². The number of ether oxygens (including phenoxy) is 1. The van der Waals surface area contributed by atoms with Gasteiger partial charge in [-0.3, -0.25) is 0 Å². The molecule has 0 saturated heterocycles. The van der Waals surface area contributed by atoms with Crippen LogP contribution >= 0.6 is 0 Å². The summed E-state index contributed by atoms with van der Waals surface area (Å²) in [5.41, 5.74) is 0.314. The van der Waals surface area contributed by atoms with Crippen molar-refractivity contribution >= 4 is 0 Å². The van der Waals surface area contributed by atoms with Gasteiger partial charge >= 0.3 is 0 Å². The Morgan fingerprint density at radius 1 is 1.07 bits per heavy atom. The fraction of sp³-hybridized carbons (Fsp3) is 1.00. The molecule has 0 aliphatic heterocycles. The standard InChI is InChI=1S/C14H28O/c1-11(2)12-6-8-13(9-7-12)15-10-14(3,4)5/h11-13H,6-10H2,1-5H3. The summed E-state index contributed by atoms with van der Waals surface area (Å²) in [4.78, 5) is 0. The van der Waals surface area contributed by atoms with Gasteiger partial charge in [-0.25, -0.2) is 0 Å². The minimum atomic E-state index is 0.314. The predicted molar refractivity (Wildman–Crippen MR) is 66.0 cm³/mol. The molecule has 0 aromatic rings. The lowest BCUT2D eigenvalue weighted by molar-refractivity contribution is -0.0202. The van der Waals surface area contributed by atoms with E-state index in [4.69, 9.17) is 4.74 Å². The summed E-state index contributed by atoms with van der Waals surface area (Å²) in [6, 6.07) is 0. The van der Waals surface area contributed by atoms with Crippen LogP contribution in [0.2, 0.25) is 0 Å². The van der Waals surface area contributed by atoms with Crippen LogP contribution in [0.1, 0.15) is 60.3 Å². The lowest BCUT2D eigenvalue weighted by Gasteiger charge is -2.32. The van der Waals surface area contributed by atoms with Crippen molar-refractivity contribution < 1.29 is 4.74 Å². The second kappa shape index (κ2) is 5.34. The quantitative estimate of drug-likeness (QED) is 0.679. The van der Waals surface area contributed by atoms with Crippen molar-refractivity contribution in [1.82, 2.24) is 0 Å². The van der Waals surface area contributed by atoms with E-state index in [-0.39, 0.29) is 0 Å². The van der Waals surface area contributed by atoms with E-state index < -0.39 is 0 Å². The average molecular weight is 212 g/mol. The van der Waals surface area contributed by atoms with E-state index in [9.17, 15) is 0 Å². The first kappa shape index (κ1) is 13.0. The van der Waals surface area contributed by atoms with Gasteiger partial charge in [0.05, 0.1) is 12.7 Å². The summed E-state index contributed by atoms with van der Waals surface area (Å²) in [7, 11) is 0. The molecule has 1 aliphatic rings. The summed E-state index contributed by atoms with van der Waals surface area (Å²) in [6.45, 7) is 12.3. The zero-order chi connectivity index (χ0) is 11.5. The molecule has 1 saturated carbocycles. The van der Waals surface area contributed by atoms with E-state index in [0.29, 0.717) is 11.5 Å². The average Bonchev–Trinajstić information content (AvgIpc) is 2.14. The minimum Gasteiger partial charge on any atom is -0.378 e. The Morgan fingerprint density at radius 3 is 2.00 bits per heavy atom. The van der Waals surface area contributed by atoms with Gasteiger partial charge in [0.25, 0.3) is 0 Å². The Hall–Kier alpha value is -0.0400. The molecule has 0 bridgehead atoms. The predicted octanol–water partition coefficient (Wildman–Crippen LogP) is 4.26. The Bertz CT molecular complexity index is 170. The zero-order valence-electron chi connectivity index (χ0n) is 11.2. The van der Waals surface area contributed by atoms with Crippen LogP contribution in [-0.4, -0.2) is 12.7 Å². The van der Waals surface area contributed by atoms with E-state index in [1.54, 1.807) is 0 Å². The number of rotatable bonds is 3. The van der Waals surface area contributed by atoms with Gasteiger partial charge in [-0.15, -0.1) is 0 Å². The third-order valence-electron chi connectivity index (χ3n) is 3.41. The molecule has 1 heteroatoms. The second-order valence-electron chi connectivity index (χ2n) is 6.65. The molecule has 1 rings (SSSR count). The maximum Gasteiger partial charge on any atom is 0.0575 e. The maximum atomic E-state index is 5.98. The van der Waals surface area contributed by atoms with Crippen molar-refractivity contribution in [3.8, 4) is 0 Å². The van der Waals surface area contributed by atoms with Crippen LogP contribution in [0.15, 0.2) is 0 Å². The van der Waals surface area contributed by atoms with Crippen molar-refractivity contribution in [2.75, 3.05) is 6.61 Å². The van der Waals surface area contributed by atoms with E-state index in [1.165, 1.54) is 25.7 Å². The zero-order valence-corrected chi connectivity index (χ0v) is 11.2. The highest BCUT2D eigenvalue weighted by molar-refractivity contribution is 4.75. The molecule has 0 radical (unpaired) electrons. The van der Waals surface area contributed by atoms with Crippen LogP contribution in [0, 0.1) is 17.3 Å². The molecule has 0 unspecified atom stereocenters. The van der Waals surface area contributed by atoms with E-state index in [2.05, 4.69) is 34.6 Å². The van der Waals surface area contributed by atoms with Gasteiger partial charge in [-0.05, 0) is 42.9 Å². The first-order chi connectivity index (χ1) is 6.88. The summed E-state index contributed by atoms with van der Waals surface area (Å²) < 4.78 is 5.98. The topological polar surface area (TPSA) is 9.23 Å².